The van der Waals surface area contributed by atoms with Crippen LogP contribution in [0.15, 0.2) is 24.3 Å². The smallest absolute Gasteiger partial charge is 0.228 e. The second kappa shape index (κ2) is 8.58. The molecule has 164 valence electrons. The van der Waals surface area contributed by atoms with Gasteiger partial charge in [0.2, 0.25) is 5.91 Å². The number of benzene rings is 1. The molecule has 0 N–H and O–H groups in total. The van der Waals surface area contributed by atoms with Crippen molar-refractivity contribution in [2.24, 2.45) is 5.92 Å². The summed E-state index contributed by atoms with van der Waals surface area (Å²) in [5.74, 6) is 3.92. The van der Waals surface area contributed by atoms with Gasteiger partial charge in [0.15, 0.2) is 0 Å². The van der Waals surface area contributed by atoms with E-state index < -0.39 is 0 Å². The van der Waals surface area contributed by atoms with Crippen LogP contribution < -0.4 is 9.64 Å². The van der Waals surface area contributed by atoms with Crippen molar-refractivity contribution in [2.75, 3.05) is 31.6 Å². The number of carbonyl (C=O) groups excluding carboxylic acids is 1. The van der Waals surface area contributed by atoms with Crippen molar-refractivity contribution in [3.8, 4) is 5.75 Å². The number of aryl methyl sites for hydroxylation is 1. The topological polar surface area (TPSA) is 58.6 Å². The zero-order valence-corrected chi connectivity index (χ0v) is 18.6. The quantitative estimate of drug-likeness (QED) is 0.710. The number of rotatable bonds is 6. The Labute approximate surface area is 184 Å². The fourth-order valence-electron chi connectivity index (χ4n) is 4.93. The second-order valence-corrected chi connectivity index (χ2v) is 9.34. The molecular weight excluding hydrogens is 388 g/mol. The van der Waals surface area contributed by atoms with E-state index in [9.17, 15) is 4.79 Å². The van der Waals surface area contributed by atoms with Crippen LogP contribution in [0.4, 0.5) is 5.82 Å². The van der Waals surface area contributed by atoms with Crippen LogP contribution in [0.3, 0.4) is 0 Å². The van der Waals surface area contributed by atoms with Crippen LogP contribution in [-0.2, 0) is 17.8 Å². The maximum absolute atomic E-state index is 12.7. The van der Waals surface area contributed by atoms with Gasteiger partial charge < -0.3 is 4.74 Å². The first kappa shape index (κ1) is 20.4. The molecule has 3 heterocycles. The molecule has 0 bridgehead atoms. The van der Waals surface area contributed by atoms with Crippen LogP contribution in [0, 0.1) is 12.8 Å². The van der Waals surface area contributed by atoms with Gasteiger partial charge in [-0.2, -0.15) is 0 Å². The molecule has 0 spiro atoms. The molecule has 6 nitrogen and oxygen atoms in total. The lowest BCUT2D eigenvalue weighted by Crippen LogP contribution is -2.39. The summed E-state index contributed by atoms with van der Waals surface area (Å²) in [4.78, 5) is 27.1. The van der Waals surface area contributed by atoms with Gasteiger partial charge in [0.05, 0.1) is 7.11 Å². The minimum absolute atomic E-state index is 0.230. The van der Waals surface area contributed by atoms with Crippen molar-refractivity contribution in [1.29, 1.82) is 0 Å². The Morgan fingerprint density at radius 3 is 2.65 bits per heavy atom. The molecular formula is C25H32N4O2. The molecule has 1 aromatic carbocycles. The predicted molar refractivity (Wildman–Crippen MR) is 120 cm³/mol. The van der Waals surface area contributed by atoms with Crippen molar-refractivity contribution < 1.29 is 9.53 Å². The van der Waals surface area contributed by atoms with Gasteiger partial charge in [-0.25, -0.2) is 9.97 Å². The van der Waals surface area contributed by atoms with Gasteiger partial charge in [0.1, 0.15) is 17.4 Å². The maximum atomic E-state index is 12.7. The molecule has 31 heavy (non-hydrogen) atoms. The molecule has 1 saturated carbocycles. The van der Waals surface area contributed by atoms with E-state index in [1.165, 1.54) is 24.0 Å². The van der Waals surface area contributed by atoms with Crippen LogP contribution in [0.2, 0.25) is 0 Å². The van der Waals surface area contributed by atoms with E-state index in [1.54, 1.807) is 7.11 Å². The highest BCUT2D eigenvalue weighted by Crippen LogP contribution is 2.36. The molecule has 1 amide bonds. The Hall–Kier alpha value is -2.47. The first-order valence-electron chi connectivity index (χ1n) is 11.6. The van der Waals surface area contributed by atoms with E-state index >= 15 is 0 Å². The summed E-state index contributed by atoms with van der Waals surface area (Å²) >= 11 is 0. The molecule has 1 atom stereocenters. The Kier molecular flexibility index (Phi) is 5.65. The standard InChI is InChI=1S/C25H32N4O2/c1-17-22-11-12-23(30)29(15-19-5-6-19)25(22)27-24(26-17)20-4-3-13-28(16-20)14-18-7-9-21(31-2)10-8-18/h7-10,19-20H,3-6,11-16H2,1-2H3. The molecule has 3 aliphatic rings. The van der Waals surface area contributed by atoms with Crippen molar-refractivity contribution >= 4 is 11.7 Å². The lowest BCUT2D eigenvalue weighted by atomic mass is 9.95. The third-order valence-corrected chi connectivity index (χ3v) is 6.93. The second-order valence-electron chi connectivity index (χ2n) is 9.34. The average Bonchev–Trinajstić information content (AvgIpc) is 3.61. The van der Waals surface area contributed by atoms with Crippen molar-refractivity contribution in [2.45, 2.75) is 57.9 Å². The number of methoxy groups -OCH3 is 1. The largest absolute Gasteiger partial charge is 0.497 e. The fraction of sp³-hybridized carbons (Fsp3) is 0.560. The molecule has 2 aliphatic heterocycles. The normalized spacial score (nSPS) is 21.8. The number of nitrogens with zero attached hydrogens (tertiary/aromatic N) is 4. The SMILES string of the molecule is COc1ccc(CN2CCCC(c3nc(C)c4c(n3)N(CC3CC3)C(=O)CC4)C2)cc1. The summed E-state index contributed by atoms with van der Waals surface area (Å²) in [6.07, 6.45) is 6.08. The number of fused-ring (bicyclic) bond motifs is 1. The summed E-state index contributed by atoms with van der Waals surface area (Å²) < 4.78 is 5.28. The Morgan fingerprint density at radius 1 is 1.10 bits per heavy atom. The molecule has 6 heteroatoms. The predicted octanol–water partition coefficient (Wildman–Crippen LogP) is 3.86. The van der Waals surface area contributed by atoms with Crippen LogP contribution >= 0.6 is 0 Å². The number of hydrogen-bond acceptors (Lipinski definition) is 5. The highest BCUT2D eigenvalue weighted by Gasteiger charge is 2.34. The third kappa shape index (κ3) is 4.45. The van der Waals surface area contributed by atoms with Crippen molar-refractivity contribution in [1.82, 2.24) is 14.9 Å². The molecule has 1 saturated heterocycles. The Morgan fingerprint density at radius 2 is 1.90 bits per heavy atom. The highest BCUT2D eigenvalue weighted by atomic mass is 16.5. The lowest BCUT2D eigenvalue weighted by molar-refractivity contribution is -0.119. The van der Waals surface area contributed by atoms with E-state index in [1.807, 2.05) is 17.0 Å². The van der Waals surface area contributed by atoms with Gasteiger partial charge >= 0.3 is 0 Å². The number of likely N-dealkylation sites (tertiary alicyclic amines) is 1. The van der Waals surface area contributed by atoms with Gasteiger partial charge in [-0.1, -0.05) is 12.1 Å². The Bertz CT molecular complexity index is 955. The van der Waals surface area contributed by atoms with Gasteiger partial charge in [-0.15, -0.1) is 0 Å². The first-order chi connectivity index (χ1) is 15.1. The molecule has 2 fully saturated rings. The van der Waals surface area contributed by atoms with Crippen LogP contribution in [0.5, 0.6) is 5.75 Å². The number of carbonyl (C=O) groups is 1. The van der Waals surface area contributed by atoms with Gasteiger partial charge in [0, 0.05) is 43.2 Å². The molecule has 1 aromatic heterocycles. The molecule has 1 aliphatic carbocycles. The third-order valence-electron chi connectivity index (χ3n) is 6.93. The highest BCUT2D eigenvalue weighted by molar-refractivity contribution is 5.95. The van der Waals surface area contributed by atoms with Crippen molar-refractivity contribution in [3.05, 3.63) is 46.9 Å². The monoisotopic (exact) mass is 420 g/mol. The number of amides is 1. The molecule has 1 unspecified atom stereocenters. The van der Waals surface area contributed by atoms with E-state index in [-0.39, 0.29) is 5.91 Å². The summed E-state index contributed by atoms with van der Waals surface area (Å²) in [6.45, 7) is 5.90. The Balaban J connectivity index is 1.35. The van der Waals surface area contributed by atoms with Crippen LogP contribution in [0.25, 0.3) is 0 Å². The molecule has 0 radical (unpaired) electrons. The zero-order valence-electron chi connectivity index (χ0n) is 18.6. The summed E-state index contributed by atoms with van der Waals surface area (Å²) in [6, 6.07) is 8.34. The lowest BCUT2D eigenvalue weighted by Gasteiger charge is -2.34. The van der Waals surface area contributed by atoms with Gasteiger partial charge in [0.25, 0.3) is 0 Å². The average molecular weight is 421 g/mol. The minimum atomic E-state index is 0.230. The zero-order chi connectivity index (χ0) is 21.4. The van der Waals surface area contributed by atoms with Crippen LogP contribution in [0.1, 0.15) is 60.7 Å². The number of anilines is 1. The summed E-state index contributed by atoms with van der Waals surface area (Å²) in [5, 5.41) is 0. The number of piperidine rings is 1. The fourth-order valence-corrected chi connectivity index (χ4v) is 4.93. The maximum Gasteiger partial charge on any atom is 0.228 e. The van der Waals surface area contributed by atoms with E-state index in [4.69, 9.17) is 14.7 Å². The van der Waals surface area contributed by atoms with E-state index in [2.05, 4.69) is 24.0 Å². The number of hydrogen-bond donors (Lipinski definition) is 0. The van der Waals surface area contributed by atoms with Crippen molar-refractivity contribution in [3.63, 3.8) is 0 Å². The van der Waals surface area contributed by atoms with Crippen LogP contribution in [-0.4, -0.2) is 47.5 Å². The van der Waals surface area contributed by atoms with Gasteiger partial charge in [-0.05, 0) is 69.2 Å². The first-order valence-corrected chi connectivity index (χ1v) is 11.6. The molecule has 2 aromatic rings. The number of aromatic nitrogens is 2. The van der Waals surface area contributed by atoms with E-state index in [0.717, 1.165) is 68.5 Å². The minimum Gasteiger partial charge on any atom is -0.497 e. The van der Waals surface area contributed by atoms with E-state index in [0.29, 0.717) is 18.3 Å². The van der Waals surface area contributed by atoms with Gasteiger partial charge in [-0.3, -0.25) is 14.6 Å². The summed E-state index contributed by atoms with van der Waals surface area (Å²) in [7, 11) is 1.70. The number of ether oxygens (including phenoxy) is 1. The summed E-state index contributed by atoms with van der Waals surface area (Å²) in [5.41, 5.74) is 3.53. The molecule has 5 rings (SSSR count).